The molecule has 2 N–H and O–H groups in total. The van der Waals surface area contributed by atoms with E-state index in [1.54, 1.807) is 24.3 Å². The molecule has 0 saturated carbocycles. The van der Waals surface area contributed by atoms with Gasteiger partial charge in [0, 0.05) is 0 Å². The van der Waals surface area contributed by atoms with E-state index in [4.69, 9.17) is 0 Å². The third kappa shape index (κ3) is 5.52. The van der Waals surface area contributed by atoms with E-state index in [-0.39, 0.29) is 5.41 Å². The van der Waals surface area contributed by atoms with E-state index in [9.17, 15) is 10.2 Å². The van der Waals surface area contributed by atoms with Crippen molar-refractivity contribution < 1.29 is 10.2 Å². The number of phenolic OH excluding ortho intramolecular Hbond substituents is 2. The lowest BCUT2D eigenvalue weighted by atomic mass is 9.67. The van der Waals surface area contributed by atoms with Gasteiger partial charge < -0.3 is 10.2 Å². The zero-order valence-electron chi connectivity index (χ0n) is 16.0. The molecule has 0 aliphatic heterocycles. The standard InChI is InChI=1S/C23H32O2/c1-17(5-7-19-9-13-21(24)14-10-19)23(3,4)18(2)6-8-20-11-15-22(25)16-12-20/h9-18,24-25H,5-8H2,1-4H3. The Morgan fingerprint density at radius 1 is 0.680 bits per heavy atom. The second kappa shape index (κ2) is 8.42. The van der Waals surface area contributed by atoms with Crippen LogP contribution in [-0.4, -0.2) is 10.2 Å². The van der Waals surface area contributed by atoms with Crippen molar-refractivity contribution >= 4 is 0 Å². The zero-order valence-corrected chi connectivity index (χ0v) is 16.0. The molecule has 2 unspecified atom stereocenters. The Labute approximate surface area is 152 Å². The van der Waals surface area contributed by atoms with Crippen molar-refractivity contribution in [2.45, 2.75) is 53.4 Å². The smallest absolute Gasteiger partial charge is 0.115 e. The van der Waals surface area contributed by atoms with Crippen LogP contribution in [0.2, 0.25) is 0 Å². The minimum atomic E-state index is 0.272. The number of hydrogen-bond acceptors (Lipinski definition) is 2. The van der Waals surface area contributed by atoms with Crippen LogP contribution in [0.15, 0.2) is 48.5 Å². The zero-order chi connectivity index (χ0) is 18.4. The molecule has 0 amide bonds. The molecule has 0 aromatic heterocycles. The number of aryl methyl sites for hydroxylation is 2. The van der Waals surface area contributed by atoms with Gasteiger partial charge >= 0.3 is 0 Å². The predicted molar refractivity (Wildman–Crippen MR) is 105 cm³/mol. The van der Waals surface area contributed by atoms with Gasteiger partial charge in [0.2, 0.25) is 0 Å². The van der Waals surface area contributed by atoms with Gasteiger partial charge in [-0.2, -0.15) is 0 Å². The van der Waals surface area contributed by atoms with Gasteiger partial charge in [0.1, 0.15) is 11.5 Å². The quantitative estimate of drug-likeness (QED) is 0.622. The van der Waals surface area contributed by atoms with E-state index in [1.807, 2.05) is 24.3 Å². The van der Waals surface area contributed by atoms with Gasteiger partial charge in [-0.1, -0.05) is 52.0 Å². The summed E-state index contributed by atoms with van der Waals surface area (Å²) < 4.78 is 0. The lowest BCUT2D eigenvalue weighted by Crippen LogP contribution is -2.30. The van der Waals surface area contributed by atoms with Crippen LogP contribution in [0.5, 0.6) is 11.5 Å². The highest BCUT2D eigenvalue weighted by Crippen LogP contribution is 2.39. The van der Waals surface area contributed by atoms with Crippen molar-refractivity contribution in [1.29, 1.82) is 0 Å². The fourth-order valence-corrected chi connectivity index (χ4v) is 3.32. The van der Waals surface area contributed by atoms with E-state index >= 15 is 0 Å². The fourth-order valence-electron chi connectivity index (χ4n) is 3.32. The highest BCUT2D eigenvalue weighted by Gasteiger charge is 2.31. The SMILES string of the molecule is CC(CCc1ccc(O)cc1)C(C)(C)C(C)CCc1ccc(O)cc1. The van der Waals surface area contributed by atoms with Crippen molar-refractivity contribution in [2.75, 3.05) is 0 Å². The summed E-state index contributed by atoms with van der Waals surface area (Å²) in [4.78, 5) is 0. The minimum Gasteiger partial charge on any atom is -0.508 e. The summed E-state index contributed by atoms with van der Waals surface area (Å²) in [7, 11) is 0. The monoisotopic (exact) mass is 340 g/mol. The highest BCUT2D eigenvalue weighted by molar-refractivity contribution is 5.26. The molecule has 25 heavy (non-hydrogen) atoms. The van der Waals surface area contributed by atoms with Crippen LogP contribution < -0.4 is 0 Å². The molecule has 0 heterocycles. The second-order valence-electron chi connectivity index (χ2n) is 8.03. The Morgan fingerprint density at radius 3 is 1.32 bits per heavy atom. The summed E-state index contributed by atoms with van der Waals surface area (Å²) in [6.07, 6.45) is 4.41. The molecule has 0 aliphatic rings. The Bertz CT molecular complexity index is 583. The summed E-state index contributed by atoms with van der Waals surface area (Å²) >= 11 is 0. The van der Waals surface area contributed by atoms with Crippen LogP contribution in [-0.2, 0) is 12.8 Å². The summed E-state index contributed by atoms with van der Waals surface area (Å²) in [6, 6.07) is 15.1. The summed E-state index contributed by atoms with van der Waals surface area (Å²) in [5.74, 6) is 1.91. The largest absolute Gasteiger partial charge is 0.508 e. The van der Waals surface area contributed by atoms with Crippen LogP contribution >= 0.6 is 0 Å². The lowest BCUT2D eigenvalue weighted by Gasteiger charge is -2.38. The Hall–Kier alpha value is -1.96. The Morgan fingerprint density at radius 2 is 1.00 bits per heavy atom. The first-order chi connectivity index (χ1) is 11.8. The molecule has 0 aliphatic carbocycles. The van der Waals surface area contributed by atoms with Crippen molar-refractivity contribution in [2.24, 2.45) is 17.3 Å². The molecule has 2 atom stereocenters. The number of phenols is 2. The minimum absolute atomic E-state index is 0.272. The van der Waals surface area contributed by atoms with E-state index in [1.165, 1.54) is 11.1 Å². The average molecular weight is 341 g/mol. The summed E-state index contributed by atoms with van der Waals surface area (Å²) in [6.45, 7) is 9.49. The van der Waals surface area contributed by atoms with Crippen LogP contribution in [0.25, 0.3) is 0 Å². The van der Waals surface area contributed by atoms with Gasteiger partial charge in [-0.05, 0) is 78.3 Å². The molecule has 2 aromatic rings. The molecular formula is C23H32O2. The summed E-state index contributed by atoms with van der Waals surface area (Å²) in [5, 5.41) is 18.8. The van der Waals surface area contributed by atoms with Crippen molar-refractivity contribution in [3.05, 3.63) is 59.7 Å². The van der Waals surface area contributed by atoms with Crippen LogP contribution in [0.4, 0.5) is 0 Å². The van der Waals surface area contributed by atoms with E-state index < -0.39 is 0 Å². The first-order valence-corrected chi connectivity index (χ1v) is 9.35. The topological polar surface area (TPSA) is 40.5 Å². The van der Waals surface area contributed by atoms with Crippen molar-refractivity contribution in [3.63, 3.8) is 0 Å². The first kappa shape index (κ1) is 19.4. The van der Waals surface area contributed by atoms with Crippen LogP contribution in [0, 0.1) is 17.3 Å². The fraction of sp³-hybridized carbons (Fsp3) is 0.478. The Balaban J connectivity index is 1.86. The third-order valence-corrected chi connectivity index (χ3v) is 6.14. The van der Waals surface area contributed by atoms with Gasteiger partial charge in [-0.3, -0.25) is 0 Å². The maximum atomic E-state index is 9.39. The van der Waals surface area contributed by atoms with Gasteiger partial charge in [-0.25, -0.2) is 0 Å². The number of hydrogen-bond donors (Lipinski definition) is 2. The highest BCUT2D eigenvalue weighted by atomic mass is 16.3. The molecule has 2 heteroatoms. The predicted octanol–water partition coefficient (Wildman–Crippen LogP) is 5.96. The number of aromatic hydroxyl groups is 2. The molecule has 0 saturated heterocycles. The van der Waals surface area contributed by atoms with E-state index in [0.29, 0.717) is 23.3 Å². The number of rotatable bonds is 8. The van der Waals surface area contributed by atoms with Gasteiger partial charge in [0.15, 0.2) is 0 Å². The molecule has 2 nitrogen and oxygen atoms in total. The maximum absolute atomic E-state index is 9.39. The molecular weight excluding hydrogens is 308 g/mol. The molecule has 0 radical (unpaired) electrons. The molecule has 0 spiro atoms. The lowest BCUT2D eigenvalue weighted by molar-refractivity contribution is 0.124. The van der Waals surface area contributed by atoms with Crippen molar-refractivity contribution in [3.8, 4) is 11.5 Å². The molecule has 2 rings (SSSR count). The third-order valence-electron chi connectivity index (χ3n) is 6.14. The molecule has 136 valence electrons. The molecule has 2 aromatic carbocycles. The van der Waals surface area contributed by atoms with Crippen LogP contribution in [0.3, 0.4) is 0 Å². The second-order valence-corrected chi connectivity index (χ2v) is 8.03. The van der Waals surface area contributed by atoms with Gasteiger partial charge in [-0.15, -0.1) is 0 Å². The average Bonchev–Trinajstić information content (AvgIpc) is 2.60. The molecule has 0 fully saturated rings. The normalized spacial score (nSPS) is 14.2. The van der Waals surface area contributed by atoms with Gasteiger partial charge in [0.25, 0.3) is 0 Å². The maximum Gasteiger partial charge on any atom is 0.115 e. The first-order valence-electron chi connectivity index (χ1n) is 9.35. The van der Waals surface area contributed by atoms with Crippen molar-refractivity contribution in [1.82, 2.24) is 0 Å². The van der Waals surface area contributed by atoms with E-state index in [0.717, 1.165) is 25.7 Å². The Kier molecular flexibility index (Phi) is 6.52. The van der Waals surface area contributed by atoms with E-state index in [2.05, 4.69) is 27.7 Å². The number of benzene rings is 2. The van der Waals surface area contributed by atoms with Crippen LogP contribution in [0.1, 0.15) is 51.7 Å². The van der Waals surface area contributed by atoms with Gasteiger partial charge in [0.05, 0.1) is 0 Å². The molecule has 0 bridgehead atoms. The summed E-state index contributed by atoms with van der Waals surface area (Å²) in [5.41, 5.74) is 2.85.